The highest BCUT2D eigenvalue weighted by molar-refractivity contribution is 5.75. The lowest BCUT2D eigenvalue weighted by Gasteiger charge is -2.38. The molecule has 0 fully saturated rings. The highest BCUT2D eigenvalue weighted by atomic mass is 19.4. The number of carbonyl (C=O) groups excluding carboxylic acids is 1. The fraction of sp³-hybridized carbons (Fsp3) is 0.387. The molecule has 1 heterocycles. The summed E-state index contributed by atoms with van der Waals surface area (Å²) in [6.45, 7) is 5.76. The molecule has 41 heavy (non-hydrogen) atoms. The van der Waals surface area contributed by atoms with Gasteiger partial charge >= 0.3 is 12.4 Å². The van der Waals surface area contributed by atoms with Gasteiger partial charge in [-0.1, -0.05) is 50.2 Å². The van der Waals surface area contributed by atoms with Crippen LogP contribution in [0.1, 0.15) is 61.1 Å². The van der Waals surface area contributed by atoms with Gasteiger partial charge in [-0.05, 0) is 59.2 Å². The molecule has 1 aliphatic rings. The average molecular weight is 579 g/mol. The maximum atomic E-state index is 13.5. The summed E-state index contributed by atoms with van der Waals surface area (Å²) in [7, 11) is 0. The summed E-state index contributed by atoms with van der Waals surface area (Å²) < 4.78 is 87.2. The van der Waals surface area contributed by atoms with Crippen molar-refractivity contribution in [3.8, 4) is 5.75 Å². The molecule has 4 rings (SSSR count). The normalized spacial score (nSPS) is 17.4. The zero-order chi connectivity index (χ0) is 29.9. The summed E-state index contributed by atoms with van der Waals surface area (Å²) in [6, 6.07) is 15.9. The van der Waals surface area contributed by atoms with Gasteiger partial charge < -0.3 is 15.0 Å². The van der Waals surface area contributed by atoms with Gasteiger partial charge in [-0.2, -0.15) is 26.3 Å². The van der Waals surface area contributed by atoms with Gasteiger partial charge in [0.15, 0.2) is 0 Å². The fourth-order valence-corrected chi connectivity index (χ4v) is 5.35. The SMILES string of the molecule is CC(=O)N(Cc1cc(C(F)(F)F)cc(C(F)(F)F)c1)C1c2ccc(OCc3ccccc3)cc2NCCC1C(C)C. The van der Waals surface area contributed by atoms with Crippen LogP contribution < -0.4 is 10.1 Å². The Bertz CT molecular complexity index is 1320. The molecular weight excluding hydrogens is 546 g/mol. The third-order valence-electron chi connectivity index (χ3n) is 7.39. The van der Waals surface area contributed by atoms with E-state index < -0.39 is 42.0 Å². The number of alkyl halides is 6. The minimum absolute atomic E-state index is 0.0656. The van der Waals surface area contributed by atoms with Gasteiger partial charge in [-0.25, -0.2) is 0 Å². The Balaban J connectivity index is 1.73. The van der Waals surface area contributed by atoms with Gasteiger partial charge in [0.25, 0.3) is 0 Å². The van der Waals surface area contributed by atoms with Gasteiger partial charge in [-0.15, -0.1) is 0 Å². The summed E-state index contributed by atoms with van der Waals surface area (Å²) in [6.07, 6.45) is -9.32. The number of nitrogens with one attached hydrogen (secondary N) is 1. The Morgan fingerprint density at radius 3 is 2.12 bits per heavy atom. The van der Waals surface area contributed by atoms with Gasteiger partial charge in [0.05, 0.1) is 17.2 Å². The van der Waals surface area contributed by atoms with Gasteiger partial charge in [0.2, 0.25) is 5.91 Å². The molecule has 2 unspecified atom stereocenters. The monoisotopic (exact) mass is 578 g/mol. The Kier molecular flexibility index (Phi) is 8.89. The number of nitrogens with zero attached hydrogens (tertiary/aromatic N) is 1. The zero-order valence-corrected chi connectivity index (χ0v) is 22.9. The summed E-state index contributed by atoms with van der Waals surface area (Å²) >= 11 is 0. The van der Waals surface area contributed by atoms with Gasteiger partial charge in [0.1, 0.15) is 12.4 Å². The highest BCUT2D eigenvalue weighted by Gasteiger charge is 2.39. The van der Waals surface area contributed by atoms with Crippen molar-refractivity contribution >= 4 is 11.6 Å². The second-order valence-corrected chi connectivity index (χ2v) is 10.7. The molecule has 0 saturated carbocycles. The van der Waals surface area contributed by atoms with E-state index in [0.29, 0.717) is 43.1 Å². The molecule has 0 aliphatic carbocycles. The second-order valence-electron chi connectivity index (χ2n) is 10.7. The summed E-state index contributed by atoms with van der Waals surface area (Å²) in [5.41, 5.74) is -0.646. The van der Waals surface area contributed by atoms with Crippen LogP contribution in [0.4, 0.5) is 32.0 Å². The maximum absolute atomic E-state index is 13.5. The quantitative estimate of drug-likeness (QED) is 0.286. The molecule has 0 spiro atoms. The standard InChI is InChI=1S/C31H32F6N2O2/c1-19(2)26-11-12-38-28-16-25(41-18-21-7-5-4-6-8-21)9-10-27(28)29(26)39(20(3)40)17-22-13-23(30(32,33)34)15-24(14-22)31(35,36)37/h4-10,13-16,19,26,29,38H,11-12,17-18H2,1-3H3. The van der Waals surface area contributed by atoms with Crippen LogP contribution in [0.3, 0.4) is 0 Å². The first kappa shape index (κ1) is 30.3. The van der Waals surface area contributed by atoms with Crippen LogP contribution in [-0.4, -0.2) is 17.4 Å². The molecule has 3 aromatic carbocycles. The van der Waals surface area contributed by atoms with Gasteiger partial charge in [0, 0.05) is 31.8 Å². The van der Waals surface area contributed by atoms with E-state index in [4.69, 9.17) is 4.74 Å². The number of rotatable bonds is 7. The smallest absolute Gasteiger partial charge is 0.416 e. The first-order valence-corrected chi connectivity index (χ1v) is 13.3. The lowest BCUT2D eigenvalue weighted by Crippen LogP contribution is -2.38. The van der Waals surface area contributed by atoms with E-state index in [0.717, 1.165) is 11.1 Å². The third kappa shape index (κ3) is 7.34. The van der Waals surface area contributed by atoms with Crippen molar-refractivity contribution in [1.29, 1.82) is 0 Å². The highest BCUT2D eigenvalue weighted by Crippen LogP contribution is 2.44. The number of anilines is 1. The van der Waals surface area contributed by atoms with Crippen LogP contribution >= 0.6 is 0 Å². The van der Waals surface area contributed by atoms with Crippen LogP contribution in [-0.2, 0) is 30.3 Å². The van der Waals surface area contributed by atoms with Crippen LogP contribution in [0.5, 0.6) is 5.75 Å². The minimum atomic E-state index is -4.98. The maximum Gasteiger partial charge on any atom is 0.416 e. The molecular formula is C31H32F6N2O2. The lowest BCUT2D eigenvalue weighted by atomic mass is 9.81. The van der Waals surface area contributed by atoms with E-state index in [1.54, 1.807) is 6.07 Å². The molecule has 0 radical (unpaired) electrons. The van der Waals surface area contributed by atoms with Crippen molar-refractivity contribution in [2.24, 2.45) is 11.8 Å². The molecule has 0 aromatic heterocycles. The molecule has 1 amide bonds. The molecule has 1 aliphatic heterocycles. The van der Waals surface area contributed by atoms with Crippen LogP contribution in [0, 0.1) is 11.8 Å². The summed E-state index contributed by atoms with van der Waals surface area (Å²) in [5, 5.41) is 3.38. The molecule has 220 valence electrons. The molecule has 0 saturated heterocycles. The summed E-state index contributed by atoms with van der Waals surface area (Å²) in [4.78, 5) is 14.4. The van der Waals surface area contributed by atoms with Crippen molar-refractivity contribution in [1.82, 2.24) is 4.90 Å². The van der Waals surface area contributed by atoms with E-state index in [-0.39, 0.29) is 23.5 Å². The fourth-order valence-electron chi connectivity index (χ4n) is 5.35. The Morgan fingerprint density at radius 1 is 0.927 bits per heavy atom. The molecule has 1 N–H and O–H groups in total. The lowest BCUT2D eigenvalue weighted by molar-refractivity contribution is -0.143. The number of halogens is 6. The Morgan fingerprint density at radius 2 is 1.56 bits per heavy atom. The molecule has 2 atom stereocenters. The van der Waals surface area contributed by atoms with E-state index in [1.165, 1.54) is 11.8 Å². The Hall–Kier alpha value is -3.69. The molecule has 0 bridgehead atoms. The van der Waals surface area contributed by atoms with Gasteiger partial charge in [-0.3, -0.25) is 4.79 Å². The number of hydrogen-bond acceptors (Lipinski definition) is 3. The van der Waals surface area contributed by atoms with E-state index in [2.05, 4.69) is 5.32 Å². The average Bonchev–Trinajstić information content (AvgIpc) is 3.09. The number of benzene rings is 3. The molecule has 4 nitrogen and oxygen atoms in total. The topological polar surface area (TPSA) is 41.6 Å². The third-order valence-corrected chi connectivity index (χ3v) is 7.39. The van der Waals surface area contributed by atoms with Crippen LogP contribution in [0.25, 0.3) is 0 Å². The number of ether oxygens (including phenoxy) is 1. The number of fused-ring (bicyclic) bond motifs is 1. The Labute approximate surface area is 235 Å². The van der Waals surface area contributed by atoms with Crippen molar-refractivity contribution in [2.45, 2.75) is 58.7 Å². The van der Waals surface area contributed by atoms with Crippen LogP contribution in [0.15, 0.2) is 66.7 Å². The number of hydrogen-bond donors (Lipinski definition) is 1. The van der Waals surface area contributed by atoms with Crippen molar-refractivity contribution in [2.75, 3.05) is 11.9 Å². The zero-order valence-electron chi connectivity index (χ0n) is 22.9. The predicted octanol–water partition coefficient (Wildman–Crippen LogP) is 8.48. The predicted molar refractivity (Wildman–Crippen MR) is 144 cm³/mol. The number of amides is 1. The largest absolute Gasteiger partial charge is 0.489 e. The molecule has 3 aromatic rings. The number of carbonyl (C=O) groups is 1. The first-order valence-electron chi connectivity index (χ1n) is 13.3. The van der Waals surface area contributed by atoms with Crippen molar-refractivity contribution in [3.05, 3.63) is 94.5 Å². The van der Waals surface area contributed by atoms with Crippen LogP contribution in [0.2, 0.25) is 0 Å². The van der Waals surface area contributed by atoms with Crippen molar-refractivity contribution in [3.63, 3.8) is 0 Å². The molecule has 10 heteroatoms. The second kappa shape index (κ2) is 12.0. The first-order chi connectivity index (χ1) is 19.2. The van der Waals surface area contributed by atoms with E-state index in [1.807, 2.05) is 56.3 Å². The van der Waals surface area contributed by atoms with E-state index in [9.17, 15) is 31.1 Å². The van der Waals surface area contributed by atoms with E-state index >= 15 is 0 Å². The summed E-state index contributed by atoms with van der Waals surface area (Å²) in [5.74, 6) is 0.0836. The minimum Gasteiger partial charge on any atom is -0.489 e. The van der Waals surface area contributed by atoms with Crippen molar-refractivity contribution < 1.29 is 35.9 Å².